The molecule has 5 nitrogen and oxygen atoms in total. The average molecular weight is 313 g/mol. The fraction of sp³-hybridized carbons (Fsp3) is 0.0769. The summed E-state index contributed by atoms with van der Waals surface area (Å²) in [6.45, 7) is 0. The number of hydrogen-bond donors (Lipinski definition) is 3. The van der Waals surface area contributed by atoms with E-state index in [-0.39, 0.29) is 10.6 Å². The third kappa shape index (κ3) is 3.29. The Kier molecular flexibility index (Phi) is 4.10. The Morgan fingerprint density at radius 3 is 2.33 bits per heavy atom. The molecule has 2 aromatic rings. The van der Waals surface area contributed by atoms with Gasteiger partial charge in [0.05, 0.1) is 16.3 Å². The average Bonchev–Trinajstić information content (AvgIpc) is 2.45. The maximum Gasteiger partial charge on any atom is 0.240 e. The smallest absolute Gasteiger partial charge is 0.240 e. The SMILES string of the molecule is CNS(=O)(=O)c1ccc(Nc2ccc(F)c(F)c2)c(N)c1. The highest BCUT2D eigenvalue weighted by Gasteiger charge is 2.13. The summed E-state index contributed by atoms with van der Waals surface area (Å²) in [4.78, 5) is 0.0123. The highest BCUT2D eigenvalue weighted by Crippen LogP contribution is 2.26. The van der Waals surface area contributed by atoms with Gasteiger partial charge in [0.2, 0.25) is 10.0 Å². The summed E-state index contributed by atoms with van der Waals surface area (Å²) in [5.41, 5.74) is 6.61. The van der Waals surface area contributed by atoms with Crippen molar-refractivity contribution in [3.8, 4) is 0 Å². The van der Waals surface area contributed by atoms with Crippen LogP contribution in [0.25, 0.3) is 0 Å². The molecule has 0 unspecified atom stereocenters. The zero-order valence-electron chi connectivity index (χ0n) is 11.0. The van der Waals surface area contributed by atoms with E-state index in [2.05, 4.69) is 10.0 Å². The van der Waals surface area contributed by atoms with Gasteiger partial charge in [0.15, 0.2) is 11.6 Å². The second-order valence-electron chi connectivity index (χ2n) is 4.21. The molecule has 0 aliphatic heterocycles. The first kappa shape index (κ1) is 15.2. The summed E-state index contributed by atoms with van der Waals surface area (Å²) in [5.74, 6) is -1.95. The molecule has 0 atom stereocenters. The summed E-state index contributed by atoms with van der Waals surface area (Å²) >= 11 is 0. The quantitative estimate of drug-likeness (QED) is 0.756. The van der Waals surface area contributed by atoms with Gasteiger partial charge in [0.25, 0.3) is 0 Å². The van der Waals surface area contributed by atoms with Crippen molar-refractivity contribution >= 4 is 27.1 Å². The van der Waals surface area contributed by atoms with Gasteiger partial charge in [-0.15, -0.1) is 0 Å². The predicted molar refractivity (Wildman–Crippen MR) is 76.7 cm³/mol. The van der Waals surface area contributed by atoms with E-state index in [0.29, 0.717) is 11.4 Å². The maximum atomic E-state index is 13.1. The van der Waals surface area contributed by atoms with Crippen molar-refractivity contribution in [3.05, 3.63) is 48.0 Å². The Hall–Kier alpha value is -2.19. The first-order chi connectivity index (χ1) is 9.83. The number of nitrogens with one attached hydrogen (secondary N) is 2. The molecular formula is C13H13F2N3O2S. The highest BCUT2D eigenvalue weighted by molar-refractivity contribution is 7.89. The summed E-state index contributed by atoms with van der Waals surface area (Å²) in [7, 11) is -2.30. The van der Waals surface area contributed by atoms with Crippen molar-refractivity contribution in [1.82, 2.24) is 4.72 Å². The van der Waals surface area contributed by atoms with Crippen LogP contribution in [-0.4, -0.2) is 15.5 Å². The van der Waals surface area contributed by atoms with Crippen LogP contribution in [0.1, 0.15) is 0 Å². The molecule has 0 aromatic heterocycles. The molecule has 2 aromatic carbocycles. The number of anilines is 3. The zero-order valence-corrected chi connectivity index (χ0v) is 11.8. The van der Waals surface area contributed by atoms with E-state index in [1.54, 1.807) is 0 Å². The minimum Gasteiger partial charge on any atom is -0.397 e. The number of hydrogen-bond acceptors (Lipinski definition) is 4. The van der Waals surface area contributed by atoms with E-state index in [1.807, 2.05) is 0 Å². The summed E-state index contributed by atoms with van der Waals surface area (Å²) in [6.07, 6.45) is 0. The Balaban J connectivity index is 2.31. The van der Waals surface area contributed by atoms with Crippen LogP contribution >= 0.6 is 0 Å². The van der Waals surface area contributed by atoms with Crippen molar-refractivity contribution < 1.29 is 17.2 Å². The largest absolute Gasteiger partial charge is 0.397 e. The van der Waals surface area contributed by atoms with Gasteiger partial charge < -0.3 is 11.1 Å². The molecular weight excluding hydrogens is 300 g/mol. The van der Waals surface area contributed by atoms with Crippen LogP contribution in [0, 0.1) is 11.6 Å². The number of rotatable bonds is 4. The molecule has 0 aliphatic carbocycles. The number of halogens is 2. The lowest BCUT2D eigenvalue weighted by atomic mass is 10.2. The van der Waals surface area contributed by atoms with Crippen molar-refractivity contribution in [3.63, 3.8) is 0 Å². The van der Waals surface area contributed by atoms with E-state index in [0.717, 1.165) is 12.1 Å². The van der Waals surface area contributed by atoms with Gasteiger partial charge in [-0.1, -0.05) is 0 Å². The van der Waals surface area contributed by atoms with Crippen molar-refractivity contribution in [1.29, 1.82) is 0 Å². The predicted octanol–water partition coefficient (Wildman–Crippen LogP) is 2.20. The second kappa shape index (κ2) is 5.66. The van der Waals surface area contributed by atoms with Gasteiger partial charge >= 0.3 is 0 Å². The zero-order chi connectivity index (χ0) is 15.6. The number of sulfonamides is 1. The molecule has 0 radical (unpaired) electrons. The van der Waals surface area contributed by atoms with E-state index in [9.17, 15) is 17.2 Å². The van der Waals surface area contributed by atoms with Crippen LogP contribution in [0.5, 0.6) is 0 Å². The molecule has 8 heteroatoms. The maximum absolute atomic E-state index is 13.1. The van der Waals surface area contributed by atoms with Gasteiger partial charge in [-0.25, -0.2) is 21.9 Å². The Labute approximate surface area is 120 Å². The lowest BCUT2D eigenvalue weighted by Gasteiger charge is -2.11. The standard InChI is InChI=1S/C13H13F2N3O2S/c1-17-21(19,20)9-3-5-13(12(16)7-9)18-8-2-4-10(14)11(15)6-8/h2-7,17-18H,16H2,1H3. The van der Waals surface area contributed by atoms with Crippen LogP contribution in [0.2, 0.25) is 0 Å². The lowest BCUT2D eigenvalue weighted by molar-refractivity contribution is 0.509. The summed E-state index contributed by atoms with van der Waals surface area (Å²) < 4.78 is 51.4. The molecule has 21 heavy (non-hydrogen) atoms. The Bertz CT molecular complexity index is 779. The highest BCUT2D eigenvalue weighted by atomic mass is 32.2. The molecule has 0 saturated heterocycles. The van der Waals surface area contributed by atoms with Crippen molar-refractivity contribution in [2.45, 2.75) is 4.90 Å². The van der Waals surface area contributed by atoms with Crippen molar-refractivity contribution in [2.75, 3.05) is 18.1 Å². The monoisotopic (exact) mass is 313 g/mol. The van der Waals surface area contributed by atoms with E-state index in [4.69, 9.17) is 5.73 Å². The minimum atomic E-state index is -3.59. The van der Waals surface area contributed by atoms with Crippen LogP contribution < -0.4 is 15.8 Å². The van der Waals surface area contributed by atoms with E-state index < -0.39 is 21.7 Å². The fourth-order valence-electron chi connectivity index (χ4n) is 1.67. The molecule has 112 valence electrons. The normalized spacial score (nSPS) is 11.4. The number of nitrogen functional groups attached to an aromatic ring is 1. The van der Waals surface area contributed by atoms with Crippen LogP contribution in [0.15, 0.2) is 41.3 Å². The van der Waals surface area contributed by atoms with Gasteiger partial charge in [-0.05, 0) is 37.4 Å². The topological polar surface area (TPSA) is 84.2 Å². The lowest BCUT2D eigenvalue weighted by Crippen LogP contribution is -2.18. The molecule has 0 spiro atoms. The van der Waals surface area contributed by atoms with E-state index in [1.165, 1.54) is 31.3 Å². The molecule has 4 N–H and O–H groups in total. The van der Waals surface area contributed by atoms with Gasteiger partial charge in [0.1, 0.15) is 0 Å². The molecule has 0 fully saturated rings. The van der Waals surface area contributed by atoms with Gasteiger partial charge in [-0.3, -0.25) is 0 Å². The molecule has 0 saturated carbocycles. The number of benzene rings is 2. The van der Waals surface area contributed by atoms with Crippen molar-refractivity contribution in [2.24, 2.45) is 0 Å². The van der Waals surface area contributed by atoms with E-state index >= 15 is 0 Å². The molecule has 0 heterocycles. The molecule has 0 bridgehead atoms. The molecule has 0 aliphatic rings. The minimum absolute atomic E-state index is 0.0123. The molecule has 0 amide bonds. The molecule has 2 rings (SSSR count). The first-order valence-corrected chi connectivity index (χ1v) is 7.37. The van der Waals surface area contributed by atoms with Crippen LogP contribution in [-0.2, 0) is 10.0 Å². The first-order valence-electron chi connectivity index (χ1n) is 5.88. The van der Waals surface area contributed by atoms with Crippen LogP contribution in [0.3, 0.4) is 0 Å². The number of nitrogens with two attached hydrogens (primary N) is 1. The third-order valence-corrected chi connectivity index (χ3v) is 4.21. The summed E-state index contributed by atoms with van der Waals surface area (Å²) in [6, 6.07) is 7.37. The third-order valence-electron chi connectivity index (χ3n) is 2.80. The van der Waals surface area contributed by atoms with Gasteiger partial charge in [0, 0.05) is 11.8 Å². The van der Waals surface area contributed by atoms with Gasteiger partial charge in [-0.2, -0.15) is 0 Å². The van der Waals surface area contributed by atoms with Crippen LogP contribution in [0.4, 0.5) is 25.8 Å². The summed E-state index contributed by atoms with van der Waals surface area (Å²) in [5, 5.41) is 2.79. The fourth-order valence-corrected chi connectivity index (χ4v) is 2.43. The Morgan fingerprint density at radius 2 is 1.76 bits per heavy atom. The second-order valence-corrected chi connectivity index (χ2v) is 6.10. The Morgan fingerprint density at radius 1 is 1.05 bits per heavy atom.